The Balaban J connectivity index is 2.05. The lowest BCUT2D eigenvalue weighted by molar-refractivity contribution is 0.0152. The molecule has 2 unspecified atom stereocenters. The van der Waals surface area contributed by atoms with Crippen LogP contribution in [0.4, 0.5) is 0 Å². The summed E-state index contributed by atoms with van der Waals surface area (Å²) in [4.78, 5) is 0. The van der Waals surface area contributed by atoms with Gasteiger partial charge in [-0.1, -0.05) is 38.1 Å². The molecule has 0 amide bonds. The van der Waals surface area contributed by atoms with Crippen LogP contribution in [0.15, 0.2) is 48.5 Å². The SMILES string of the molecule is CC(Oc1ccc(C(C)(C)c2ccc(OC(C)O[Si](C)(C)C)cc2)cc1)O[Si](C)(C)C. The molecule has 4 nitrogen and oxygen atoms in total. The van der Waals surface area contributed by atoms with Crippen molar-refractivity contribution in [2.75, 3.05) is 0 Å². The Labute approximate surface area is 191 Å². The lowest BCUT2D eigenvalue weighted by Gasteiger charge is -2.28. The van der Waals surface area contributed by atoms with Crippen molar-refractivity contribution in [3.05, 3.63) is 59.7 Å². The molecule has 0 bridgehead atoms. The van der Waals surface area contributed by atoms with E-state index < -0.39 is 16.6 Å². The molecule has 172 valence electrons. The minimum Gasteiger partial charge on any atom is -0.466 e. The van der Waals surface area contributed by atoms with Crippen molar-refractivity contribution in [3.8, 4) is 11.5 Å². The third-order valence-electron chi connectivity index (χ3n) is 4.80. The summed E-state index contributed by atoms with van der Waals surface area (Å²) in [6, 6.07) is 16.6. The quantitative estimate of drug-likeness (QED) is 0.278. The predicted octanol–water partition coefficient (Wildman–Crippen LogP) is 7.17. The third-order valence-corrected chi connectivity index (χ3v) is 6.87. The summed E-state index contributed by atoms with van der Waals surface area (Å²) in [7, 11) is -3.25. The summed E-state index contributed by atoms with van der Waals surface area (Å²) < 4.78 is 23.8. The fourth-order valence-electron chi connectivity index (χ4n) is 3.49. The molecule has 2 rings (SSSR count). The van der Waals surface area contributed by atoms with Crippen molar-refractivity contribution in [3.63, 3.8) is 0 Å². The van der Waals surface area contributed by atoms with Crippen LogP contribution in [0.3, 0.4) is 0 Å². The molecule has 2 atom stereocenters. The standard InChI is InChI=1S/C25H40O4Si2/c1-19(28-30(5,6)7)26-23-15-11-21(12-16-23)25(3,4)22-13-17-24(18-14-22)27-20(2)29-31(8,9)10/h11-20H,1-10H3. The van der Waals surface area contributed by atoms with E-state index in [4.69, 9.17) is 18.3 Å². The molecule has 0 aliphatic heterocycles. The van der Waals surface area contributed by atoms with Crippen molar-refractivity contribution < 1.29 is 18.3 Å². The van der Waals surface area contributed by atoms with Gasteiger partial charge >= 0.3 is 0 Å². The Bertz CT molecular complexity index is 749. The molecule has 31 heavy (non-hydrogen) atoms. The van der Waals surface area contributed by atoms with Crippen LogP contribution in [-0.2, 0) is 14.3 Å². The van der Waals surface area contributed by atoms with E-state index in [0.29, 0.717) is 0 Å². The molecule has 2 aromatic carbocycles. The predicted molar refractivity (Wildman–Crippen MR) is 134 cm³/mol. The maximum Gasteiger partial charge on any atom is 0.188 e. The first-order chi connectivity index (χ1) is 14.2. The van der Waals surface area contributed by atoms with Gasteiger partial charge in [0.2, 0.25) is 0 Å². The third kappa shape index (κ3) is 8.45. The van der Waals surface area contributed by atoms with E-state index in [2.05, 4.69) is 77.4 Å². The van der Waals surface area contributed by atoms with Crippen LogP contribution in [0.25, 0.3) is 0 Å². The van der Waals surface area contributed by atoms with Gasteiger partial charge in [-0.25, -0.2) is 0 Å². The minimum absolute atomic E-state index is 0.141. The summed E-state index contributed by atoms with van der Waals surface area (Å²) >= 11 is 0. The Morgan fingerprint density at radius 3 is 1.13 bits per heavy atom. The van der Waals surface area contributed by atoms with E-state index in [1.807, 2.05) is 38.1 Å². The highest BCUT2D eigenvalue weighted by atomic mass is 28.4. The molecular weight excluding hydrogens is 420 g/mol. The van der Waals surface area contributed by atoms with Crippen LogP contribution in [0.1, 0.15) is 38.8 Å². The second-order valence-corrected chi connectivity index (χ2v) is 19.4. The zero-order valence-corrected chi connectivity index (χ0v) is 22.9. The van der Waals surface area contributed by atoms with E-state index >= 15 is 0 Å². The van der Waals surface area contributed by atoms with Gasteiger partial charge in [0.1, 0.15) is 11.5 Å². The number of hydrogen-bond acceptors (Lipinski definition) is 4. The lowest BCUT2D eigenvalue weighted by Crippen LogP contribution is -2.33. The van der Waals surface area contributed by atoms with E-state index in [1.165, 1.54) is 11.1 Å². The Hall–Kier alpha value is -1.61. The molecule has 0 spiro atoms. The van der Waals surface area contributed by atoms with Gasteiger partial charge in [-0.2, -0.15) is 0 Å². The van der Waals surface area contributed by atoms with Crippen LogP contribution in [0, 0.1) is 0 Å². The summed E-state index contributed by atoms with van der Waals surface area (Å²) in [5.41, 5.74) is 2.31. The highest BCUT2D eigenvalue weighted by molar-refractivity contribution is 6.70. The first-order valence-corrected chi connectivity index (χ1v) is 17.9. The number of rotatable bonds is 10. The van der Waals surface area contributed by atoms with Gasteiger partial charge in [-0.3, -0.25) is 0 Å². The van der Waals surface area contributed by atoms with Gasteiger partial charge in [0.15, 0.2) is 29.2 Å². The monoisotopic (exact) mass is 460 g/mol. The van der Waals surface area contributed by atoms with Gasteiger partial charge in [0.05, 0.1) is 0 Å². The molecule has 0 saturated heterocycles. The summed E-state index contributed by atoms with van der Waals surface area (Å²) in [6.45, 7) is 21.3. The first kappa shape index (κ1) is 25.7. The molecule has 0 saturated carbocycles. The maximum atomic E-state index is 5.97. The molecule has 2 aromatic rings. The maximum absolute atomic E-state index is 5.97. The molecule has 0 radical (unpaired) electrons. The molecule has 0 N–H and O–H groups in total. The van der Waals surface area contributed by atoms with Gasteiger partial charge in [-0.15, -0.1) is 0 Å². The molecule has 0 aliphatic carbocycles. The van der Waals surface area contributed by atoms with Gasteiger partial charge < -0.3 is 18.3 Å². The average molecular weight is 461 g/mol. The Morgan fingerprint density at radius 2 is 0.871 bits per heavy atom. The van der Waals surface area contributed by atoms with Gasteiger partial charge in [-0.05, 0) is 88.5 Å². The second kappa shape index (κ2) is 9.90. The van der Waals surface area contributed by atoms with E-state index in [0.717, 1.165) is 11.5 Å². The van der Waals surface area contributed by atoms with Crippen LogP contribution in [0.2, 0.25) is 39.3 Å². The molecule has 0 aromatic heterocycles. The highest BCUT2D eigenvalue weighted by Crippen LogP contribution is 2.33. The first-order valence-electron chi connectivity index (χ1n) is 11.1. The topological polar surface area (TPSA) is 36.9 Å². The number of hydrogen-bond donors (Lipinski definition) is 0. The normalized spacial score (nSPS) is 14.8. The molecule has 0 aliphatic rings. The van der Waals surface area contributed by atoms with E-state index in [1.54, 1.807) is 0 Å². The van der Waals surface area contributed by atoms with Crippen LogP contribution < -0.4 is 9.47 Å². The number of ether oxygens (including phenoxy) is 2. The summed E-state index contributed by atoms with van der Waals surface area (Å²) in [6.07, 6.45) is -0.490. The molecule has 0 fully saturated rings. The van der Waals surface area contributed by atoms with E-state index in [9.17, 15) is 0 Å². The summed E-state index contributed by atoms with van der Waals surface area (Å²) in [5.74, 6) is 1.65. The molecule has 6 heteroatoms. The van der Waals surface area contributed by atoms with Gasteiger partial charge in [0, 0.05) is 5.41 Å². The van der Waals surface area contributed by atoms with Crippen molar-refractivity contribution in [1.29, 1.82) is 0 Å². The lowest BCUT2D eigenvalue weighted by atomic mass is 9.78. The fraction of sp³-hybridized carbons (Fsp3) is 0.520. The van der Waals surface area contributed by atoms with Crippen molar-refractivity contribution in [2.45, 2.75) is 85.0 Å². The van der Waals surface area contributed by atoms with Crippen molar-refractivity contribution in [1.82, 2.24) is 0 Å². The van der Waals surface area contributed by atoms with Crippen LogP contribution >= 0.6 is 0 Å². The molecule has 0 heterocycles. The number of benzene rings is 2. The van der Waals surface area contributed by atoms with Crippen molar-refractivity contribution in [2.24, 2.45) is 0 Å². The Morgan fingerprint density at radius 1 is 0.581 bits per heavy atom. The molecular formula is C25H40O4Si2. The Kier molecular flexibility index (Phi) is 8.19. The minimum atomic E-state index is -1.63. The highest BCUT2D eigenvalue weighted by Gasteiger charge is 2.24. The smallest absolute Gasteiger partial charge is 0.188 e. The van der Waals surface area contributed by atoms with Crippen molar-refractivity contribution >= 4 is 16.6 Å². The largest absolute Gasteiger partial charge is 0.466 e. The van der Waals surface area contributed by atoms with E-state index in [-0.39, 0.29) is 18.0 Å². The van der Waals surface area contributed by atoms with Crippen LogP contribution in [0.5, 0.6) is 11.5 Å². The zero-order chi connectivity index (χ0) is 23.4. The fourth-order valence-corrected chi connectivity index (χ4v) is 5.58. The van der Waals surface area contributed by atoms with Crippen LogP contribution in [-0.4, -0.2) is 29.2 Å². The van der Waals surface area contributed by atoms with Gasteiger partial charge in [0.25, 0.3) is 0 Å². The average Bonchev–Trinajstić information content (AvgIpc) is 2.59. The second-order valence-electron chi connectivity index (χ2n) is 10.5. The summed E-state index contributed by atoms with van der Waals surface area (Å²) in [5, 5.41) is 0. The zero-order valence-electron chi connectivity index (χ0n) is 20.9.